The van der Waals surface area contributed by atoms with Crippen molar-refractivity contribution in [3.8, 4) is 10.7 Å². The van der Waals surface area contributed by atoms with Gasteiger partial charge in [0.2, 0.25) is 5.91 Å². The summed E-state index contributed by atoms with van der Waals surface area (Å²) in [4.78, 5) is 24.3. The van der Waals surface area contributed by atoms with Crippen LogP contribution in [0.5, 0.6) is 0 Å². The van der Waals surface area contributed by atoms with Crippen molar-refractivity contribution >= 4 is 35.0 Å². The molecule has 1 saturated carbocycles. The molecule has 0 unspecified atom stereocenters. The fourth-order valence-corrected chi connectivity index (χ4v) is 3.71. The number of nitrogens with zero attached hydrogens (tertiary/aromatic N) is 3. The summed E-state index contributed by atoms with van der Waals surface area (Å²) in [6.45, 7) is 1.75. The molecule has 0 bridgehead atoms. The zero-order valence-corrected chi connectivity index (χ0v) is 14.4. The lowest BCUT2D eigenvalue weighted by Crippen LogP contribution is -2.41. The largest absolute Gasteiger partial charge is 0.341 e. The number of imide groups is 1. The minimum atomic E-state index is -0.509. The van der Waals surface area contributed by atoms with Crippen LogP contribution in [0, 0.1) is 0 Å². The van der Waals surface area contributed by atoms with Gasteiger partial charge in [0, 0.05) is 13.1 Å². The number of thioether (sulfide) groups is 1. The standard InChI is InChI=1S/C14H17N5O2S2/c1-8(12(20)16-13(21)15-2)23-14-18-17-11(10-4-3-7-22-10)19(14)9-5-6-9/h3-4,7-9H,5-6H2,1-2H3,(H2,15,16,20,21)/t8-/m0/s1. The van der Waals surface area contributed by atoms with Crippen molar-refractivity contribution in [1.29, 1.82) is 0 Å². The van der Waals surface area contributed by atoms with Gasteiger partial charge in [0.1, 0.15) is 0 Å². The molecule has 23 heavy (non-hydrogen) atoms. The molecule has 3 amide bonds. The maximum atomic E-state index is 12.0. The van der Waals surface area contributed by atoms with Gasteiger partial charge >= 0.3 is 6.03 Å². The zero-order chi connectivity index (χ0) is 16.4. The highest BCUT2D eigenvalue weighted by Gasteiger charge is 2.31. The van der Waals surface area contributed by atoms with E-state index in [2.05, 4.69) is 25.4 Å². The molecule has 0 saturated heterocycles. The molecule has 1 atom stereocenters. The molecule has 1 aliphatic carbocycles. The van der Waals surface area contributed by atoms with Crippen LogP contribution in [0.25, 0.3) is 10.7 Å². The van der Waals surface area contributed by atoms with Gasteiger partial charge in [-0.3, -0.25) is 14.7 Å². The quantitative estimate of drug-likeness (QED) is 0.807. The van der Waals surface area contributed by atoms with Crippen molar-refractivity contribution in [2.75, 3.05) is 7.05 Å². The van der Waals surface area contributed by atoms with E-state index < -0.39 is 11.3 Å². The number of hydrogen-bond acceptors (Lipinski definition) is 6. The number of nitrogens with one attached hydrogen (secondary N) is 2. The minimum Gasteiger partial charge on any atom is -0.341 e. The second kappa shape index (κ2) is 6.71. The Kier molecular flexibility index (Phi) is 4.67. The van der Waals surface area contributed by atoms with E-state index in [-0.39, 0.29) is 5.91 Å². The third-order valence-electron chi connectivity index (χ3n) is 3.43. The topological polar surface area (TPSA) is 88.9 Å². The molecule has 122 valence electrons. The average molecular weight is 351 g/mol. The maximum Gasteiger partial charge on any atom is 0.321 e. The number of thiophene rings is 1. The molecule has 2 aromatic heterocycles. The smallest absolute Gasteiger partial charge is 0.321 e. The normalized spacial score (nSPS) is 15.2. The van der Waals surface area contributed by atoms with E-state index in [0.29, 0.717) is 6.04 Å². The second-order valence-electron chi connectivity index (χ2n) is 5.21. The molecule has 0 aliphatic heterocycles. The fourth-order valence-electron chi connectivity index (χ4n) is 2.08. The summed E-state index contributed by atoms with van der Waals surface area (Å²) < 4.78 is 2.11. The first kappa shape index (κ1) is 16.0. The Morgan fingerprint density at radius 2 is 2.22 bits per heavy atom. The summed E-state index contributed by atoms with van der Waals surface area (Å²) in [6.07, 6.45) is 2.20. The molecular formula is C14H17N5O2S2. The van der Waals surface area contributed by atoms with Gasteiger partial charge in [-0.2, -0.15) is 0 Å². The summed E-state index contributed by atoms with van der Waals surface area (Å²) in [5.41, 5.74) is 0. The molecule has 1 fully saturated rings. The van der Waals surface area contributed by atoms with Crippen LogP contribution in [-0.2, 0) is 4.79 Å². The van der Waals surface area contributed by atoms with E-state index in [1.165, 1.54) is 18.8 Å². The Morgan fingerprint density at radius 1 is 1.43 bits per heavy atom. The summed E-state index contributed by atoms with van der Waals surface area (Å²) >= 11 is 2.94. The highest BCUT2D eigenvalue weighted by atomic mass is 32.2. The van der Waals surface area contributed by atoms with Crippen LogP contribution < -0.4 is 10.6 Å². The van der Waals surface area contributed by atoms with Crippen LogP contribution in [0.1, 0.15) is 25.8 Å². The number of hydrogen-bond donors (Lipinski definition) is 2. The van der Waals surface area contributed by atoms with E-state index >= 15 is 0 Å². The van der Waals surface area contributed by atoms with Crippen molar-refractivity contribution in [2.24, 2.45) is 0 Å². The molecule has 1 aliphatic rings. The average Bonchev–Trinajstić information content (AvgIpc) is 3.07. The van der Waals surface area contributed by atoms with E-state index in [1.54, 1.807) is 18.3 Å². The predicted octanol–water partition coefficient (Wildman–Crippen LogP) is 2.28. The number of amides is 3. The maximum absolute atomic E-state index is 12.0. The van der Waals surface area contributed by atoms with Gasteiger partial charge in [-0.05, 0) is 31.2 Å². The first-order valence-electron chi connectivity index (χ1n) is 7.28. The predicted molar refractivity (Wildman–Crippen MR) is 89.5 cm³/mol. The number of carbonyl (C=O) groups is 2. The lowest BCUT2D eigenvalue weighted by atomic mass is 10.4. The highest BCUT2D eigenvalue weighted by molar-refractivity contribution is 8.00. The third-order valence-corrected chi connectivity index (χ3v) is 5.36. The molecule has 0 spiro atoms. The Hall–Kier alpha value is -1.87. The van der Waals surface area contributed by atoms with Crippen LogP contribution in [-0.4, -0.2) is 39.0 Å². The molecule has 2 heterocycles. The Morgan fingerprint density at radius 3 is 2.83 bits per heavy atom. The molecule has 2 N–H and O–H groups in total. The van der Waals surface area contributed by atoms with Gasteiger partial charge in [0.25, 0.3) is 0 Å². The molecule has 3 rings (SSSR count). The van der Waals surface area contributed by atoms with E-state index in [9.17, 15) is 9.59 Å². The van der Waals surface area contributed by atoms with Crippen LogP contribution in [0.2, 0.25) is 0 Å². The molecule has 9 heteroatoms. The minimum absolute atomic E-state index is 0.350. The molecule has 0 radical (unpaired) electrons. The molecule has 0 aromatic carbocycles. The first-order chi connectivity index (χ1) is 11.1. The zero-order valence-electron chi connectivity index (χ0n) is 12.8. The summed E-state index contributed by atoms with van der Waals surface area (Å²) in [6, 6.07) is 3.89. The van der Waals surface area contributed by atoms with Crippen LogP contribution in [0.4, 0.5) is 4.79 Å². The molecule has 7 nitrogen and oxygen atoms in total. The van der Waals surface area contributed by atoms with Gasteiger partial charge in [0.05, 0.1) is 10.1 Å². The third kappa shape index (κ3) is 3.56. The second-order valence-corrected chi connectivity index (χ2v) is 7.47. The van der Waals surface area contributed by atoms with Crippen molar-refractivity contribution in [3.05, 3.63) is 17.5 Å². The summed E-state index contributed by atoms with van der Waals surface area (Å²) in [5, 5.41) is 15.5. The van der Waals surface area contributed by atoms with Crippen LogP contribution in [0.3, 0.4) is 0 Å². The van der Waals surface area contributed by atoms with E-state index in [4.69, 9.17) is 0 Å². The SMILES string of the molecule is CNC(=O)NC(=O)[C@H](C)Sc1nnc(-c2cccs2)n1C1CC1. The Labute approximate surface area is 141 Å². The summed E-state index contributed by atoms with van der Waals surface area (Å²) in [5.74, 6) is 0.501. The van der Waals surface area contributed by atoms with Crippen molar-refractivity contribution in [2.45, 2.75) is 36.2 Å². The van der Waals surface area contributed by atoms with E-state index in [1.807, 2.05) is 17.5 Å². The summed E-state index contributed by atoms with van der Waals surface area (Å²) in [7, 11) is 1.47. The van der Waals surface area contributed by atoms with Crippen LogP contribution in [0.15, 0.2) is 22.7 Å². The Balaban J connectivity index is 1.78. The first-order valence-corrected chi connectivity index (χ1v) is 9.04. The van der Waals surface area contributed by atoms with Crippen LogP contribution >= 0.6 is 23.1 Å². The van der Waals surface area contributed by atoms with Crippen molar-refractivity contribution < 1.29 is 9.59 Å². The van der Waals surface area contributed by atoms with Gasteiger partial charge in [-0.15, -0.1) is 21.5 Å². The number of urea groups is 1. The van der Waals surface area contributed by atoms with Crippen molar-refractivity contribution in [1.82, 2.24) is 25.4 Å². The highest BCUT2D eigenvalue weighted by Crippen LogP contribution is 2.42. The monoisotopic (exact) mass is 351 g/mol. The number of aromatic nitrogens is 3. The fraction of sp³-hybridized carbons (Fsp3) is 0.429. The van der Waals surface area contributed by atoms with E-state index in [0.717, 1.165) is 28.7 Å². The van der Waals surface area contributed by atoms with Gasteiger partial charge < -0.3 is 5.32 Å². The Bertz CT molecular complexity index is 709. The number of carbonyl (C=O) groups excluding carboxylic acids is 2. The van der Waals surface area contributed by atoms with Gasteiger partial charge in [0.15, 0.2) is 11.0 Å². The van der Waals surface area contributed by atoms with Gasteiger partial charge in [-0.25, -0.2) is 4.79 Å². The van der Waals surface area contributed by atoms with Gasteiger partial charge in [-0.1, -0.05) is 17.8 Å². The lowest BCUT2D eigenvalue weighted by Gasteiger charge is -2.12. The lowest BCUT2D eigenvalue weighted by molar-refractivity contribution is -0.119. The molecule has 2 aromatic rings. The number of rotatable bonds is 5. The molecular weight excluding hydrogens is 334 g/mol. The van der Waals surface area contributed by atoms with Crippen molar-refractivity contribution in [3.63, 3.8) is 0 Å².